The molecule has 1 saturated heterocycles. The van der Waals surface area contributed by atoms with Crippen LogP contribution < -0.4 is 15.0 Å². The number of aromatic nitrogens is 4. The van der Waals surface area contributed by atoms with E-state index >= 15 is 0 Å². The van der Waals surface area contributed by atoms with E-state index in [1.165, 1.54) is 12.1 Å². The van der Waals surface area contributed by atoms with E-state index in [-0.39, 0.29) is 24.5 Å². The summed E-state index contributed by atoms with van der Waals surface area (Å²) in [6.45, 7) is 1.93. The molecule has 1 fully saturated rings. The van der Waals surface area contributed by atoms with E-state index in [2.05, 4.69) is 15.3 Å². The minimum atomic E-state index is -0.691. The van der Waals surface area contributed by atoms with Gasteiger partial charge in [-0.2, -0.15) is 5.10 Å². The van der Waals surface area contributed by atoms with Crippen LogP contribution in [0.4, 0.5) is 14.6 Å². The molecule has 1 atom stereocenters. The maximum atomic E-state index is 14.0. The first-order chi connectivity index (χ1) is 16.0. The molecule has 0 saturated carbocycles. The van der Waals surface area contributed by atoms with E-state index in [0.29, 0.717) is 38.9 Å². The molecule has 3 aromatic rings. The van der Waals surface area contributed by atoms with Gasteiger partial charge in [-0.1, -0.05) is 0 Å². The predicted octanol–water partition coefficient (Wildman–Crippen LogP) is 2.21. The lowest BCUT2D eigenvalue weighted by atomic mass is 10.0. The van der Waals surface area contributed by atoms with E-state index < -0.39 is 11.6 Å². The molecule has 2 aliphatic rings. The molecule has 2 N–H and O–H groups in total. The number of halogens is 2. The molecule has 0 amide bonds. The first-order valence-electron chi connectivity index (χ1n) is 11.1. The number of aliphatic hydroxyl groups excluding tert-OH is 1. The second kappa shape index (κ2) is 9.03. The molecule has 8 nitrogen and oxygen atoms in total. The van der Waals surface area contributed by atoms with Gasteiger partial charge in [0.2, 0.25) is 0 Å². The number of hydrogen-bond donors (Lipinski definition) is 2. The van der Waals surface area contributed by atoms with Crippen LogP contribution in [0.1, 0.15) is 24.2 Å². The number of aryl methyl sites for hydroxylation is 1. The smallest absolute Gasteiger partial charge is 0.167 e. The maximum Gasteiger partial charge on any atom is 0.167 e. The average molecular weight is 456 g/mol. The third kappa shape index (κ3) is 4.53. The molecule has 174 valence electrons. The molecule has 0 spiro atoms. The highest BCUT2D eigenvalue weighted by Gasteiger charge is 2.28. The molecule has 33 heavy (non-hydrogen) atoms. The molecule has 1 aromatic carbocycles. The van der Waals surface area contributed by atoms with Crippen LogP contribution in [0, 0.1) is 11.6 Å². The molecule has 10 heteroatoms. The van der Waals surface area contributed by atoms with Crippen LogP contribution in [-0.2, 0) is 20.0 Å². The van der Waals surface area contributed by atoms with Crippen molar-refractivity contribution in [1.82, 2.24) is 25.1 Å². The Labute approximate surface area is 190 Å². The van der Waals surface area contributed by atoms with E-state index in [1.54, 1.807) is 10.9 Å². The van der Waals surface area contributed by atoms with Gasteiger partial charge in [0.15, 0.2) is 17.4 Å². The molecule has 1 unspecified atom stereocenters. The first-order valence-corrected chi connectivity index (χ1v) is 11.1. The summed E-state index contributed by atoms with van der Waals surface area (Å²) in [7, 11) is 1.86. The van der Waals surface area contributed by atoms with Gasteiger partial charge >= 0.3 is 0 Å². The van der Waals surface area contributed by atoms with Crippen LogP contribution in [-0.4, -0.2) is 56.7 Å². The van der Waals surface area contributed by atoms with Gasteiger partial charge in [0.1, 0.15) is 17.6 Å². The van der Waals surface area contributed by atoms with Crippen LogP contribution in [0.2, 0.25) is 0 Å². The van der Waals surface area contributed by atoms with Gasteiger partial charge in [-0.3, -0.25) is 4.68 Å². The number of benzene rings is 1. The zero-order valence-corrected chi connectivity index (χ0v) is 18.3. The molecule has 4 heterocycles. The fourth-order valence-corrected chi connectivity index (χ4v) is 4.37. The van der Waals surface area contributed by atoms with Crippen LogP contribution in [0.15, 0.2) is 30.6 Å². The zero-order chi connectivity index (χ0) is 22.9. The molecular weight excluding hydrogens is 430 g/mol. The minimum absolute atomic E-state index is 0.0337. The van der Waals surface area contributed by atoms with Crippen molar-refractivity contribution in [1.29, 1.82) is 0 Å². The Morgan fingerprint density at radius 3 is 2.70 bits per heavy atom. The monoisotopic (exact) mass is 456 g/mol. The average Bonchev–Trinajstić information content (AvgIpc) is 3.26. The molecule has 2 aliphatic heterocycles. The minimum Gasteiger partial charge on any atom is -0.487 e. The largest absolute Gasteiger partial charge is 0.487 e. The molecule has 0 bridgehead atoms. The SMILES string of the molecule is Cn1cc(-c2nc3c(nc2N2CCC(Oc4ccc(F)cc4F)CC2)CC(CO)NC3)cn1. The normalized spacial score (nSPS) is 18.9. The summed E-state index contributed by atoms with van der Waals surface area (Å²) < 4.78 is 34.7. The number of fused-ring (bicyclic) bond motifs is 1. The third-order valence-electron chi connectivity index (χ3n) is 6.16. The Hall–Kier alpha value is -3.11. The molecule has 2 aromatic heterocycles. The molecular formula is C23H26F2N6O2. The van der Waals surface area contributed by atoms with Crippen LogP contribution in [0.5, 0.6) is 5.75 Å². The molecule has 5 rings (SSSR count). The van der Waals surface area contributed by atoms with Crippen molar-refractivity contribution >= 4 is 5.82 Å². The van der Waals surface area contributed by atoms with Crippen molar-refractivity contribution in [2.24, 2.45) is 7.05 Å². The fraction of sp³-hybridized carbons (Fsp3) is 0.435. The second-order valence-corrected chi connectivity index (χ2v) is 8.54. The fourth-order valence-electron chi connectivity index (χ4n) is 4.37. The van der Waals surface area contributed by atoms with Crippen LogP contribution in [0.3, 0.4) is 0 Å². The maximum absolute atomic E-state index is 14.0. The van der Waals surface area contributed by atoms with E-state index in [9.17, 15) is 13.9 Å². The number of aliphatic hydroxyl groups is 1. The highest BCUT2D eigenvalue weighted by molar-refractivity contribution is 5.72. The summed E-state index contributed by atoms with van der Waals surface area (Å²) in [6.07, 6.45) is 5.48. The summed E-state index contributed by atoms with van der Waals surface area (Å²) >= 11 is 0. The van der Waals surface area contributed by atoms with E-state index in [1.807, 2.05) is 13.2 Å². The van der Waals surface area contributed by atoms with E-state index in [0.717, 1.165) is 34.5 Å². The van der Waals surface area contributed by atoms with Crippen molar-refractivity contribution < 1.29 is 18.6 Å². The molecule has 0 aliphatic carbocycles. The number of ether oxygens (including phenoxy) is 1. The summed E-state index contributed by atoms with van der Waals surface area (Å²) in [4.78, 5) is 12.1. The Bertz CT molecular complexity index is 1150. The number of anilines is 1. The quantitative estimate of drug-likeness (QED) is 0.609. The summed E-state index contributed by atoms with van der Waals surface area (Å²) in [5.41, 5.74) is 3.43. The van der Waals surface area contributed by atoms with Crippen molar-refractivity contribution in [3.63, 3.8) is 0 Å². The number of hydrogen-bond acceptors (Lipinski definition) is 7. The van der Waals surface area contributed by atoms with Gasteiger partial charge < -0.3 is 20.1 Å². The highest BCUT2D eigenvalue weighted by atomic mass is 19.1. The predicted molar refractivity (Wildman–Crippen MR) is 118 cm³/mol. The number of piperidine rings is 1. The van der Waals surface area contributed by atoms with Crippen LogP contribution in [0.25, 0.3) is 11.3 Å². The van der Waals surface area contributed by atoms with Gasteiger partial charge in [0.25, 0.3) is 0 Å². The topological polar surface area (TPSA) is 88.3 Å². The van der Waals surface area contributed by atoms with Gasteiger partial charge in [-0.15, -0.1) is 0 Å². The second-order valence-electron chi connectivity index (χ2n) is 8.54. The van der Waals surface area contributed by atoms with Gasteiger partial charge in [-0.25, -0.2) is 18.7 Å². The standard InChI is InChI=1S/C23H26F2N6O2/c1-30-12-14(10-27-30)22-23(29-19-9-16(13-32)26-11-20(19)28-22)31-6-4-17(5-7-31)33-21-3-2-15(24)8-18(21)25/h2-3,8,10,12,16-17,26,32H,4-7,9,11,13H2,1H3. The van der Waals surface area contributed by atoms with Crippen molar-refractivity contribution in [2.75, 3.05) is 24.6 Å². The Morgan fingerprint density at radius 2 is 2.00 bits per heavy atom. The van der Waals surface area contributed by atoms with Gasteiger partial charge in [0.05, 0.1) is 24.2 Å². The number of nitrogens with one attached hydrogen (secondary N) is 1. The number of nitrogens with zero attached hydrogens (tertiary/aromatic N) is 5. The molecule has 0 radical (unpaired) electrons. The Balaban J connectivity index is 1.38. The Morgan fingerprint density at radius 1 is 1.18 bits per heavy atom. The number of rotatable bonds is 5. The van der Waals surface area contributed by atoms with Crippen molar-refractivity contribution in [3.05, 3.63) is 53.6 Å². The summed E-state index contributed by atoms with van der Waals surface area (Å²) in [5.74, 6) is -0.458. The van der Waals surface area contributed by atoms with Crippen molar-refractivity contribution in [3.8, 4) is 17.0 Å². The van der Waals surface area contributed by atoms with Gasteiger partial charge in [-0.05, 0) is 12.1 Å². The summed E-state index contributed by atoms with van der Waals surface area (Å²) in [6, 6.07) is 3.33. The lowest BCUT2D eigenvalue weighted by Gasteiger charge is -2.34. The lowest BCUT2D eigenvalue weighted by Crippen LogP contribution is -2.41. The van der Waals surface area contributed by atoms with Crippen molar-refractivity contribution in [2.45, 2.75) is 38.0 Å². The Kier molecular flexibility index (Phi) is 5.94. The van der Waals surface area contributed by atoms with E-state index in [4.69, 9.17) is 14.7 Å². The third-order valence-corrected chi connectivity index (χ3v) is 6.16. The van der Waals surface area contributed by atoms with Gasteiger partial charge in [0, 0.05) is 69.8 Å². The zero-order valence-electron chi connectivity index (χ0n) is 18.3. The highest BCUT2D eigenvalue weighted by Crippen LogP contribution is 2.32. The summed E-state index contributed by atoms with van der Waals surface area (Å²) in [5, 5.41) is 17.1. The first kappa shape index (κ1) is 21.7. The lowest BCUT2D eigenvalue weighted by molar-refractivity contribution is 0.163. The van der Waals surface area contributed by atoms with Crippen LogP contribution >= 0.6 is 0 Å².